The van der Waals surface area contributed by atoms with E-state index in [0.29, 0.717) is 24.0 Å². The molecule has 0 radical (unpaired) electrons. The number of amides is 3. The van der Waals surface area contributed by atoms with Crippen molar-refractivity contribution in [2.24, 2.45) is 0 Å². The van der Waals surface area contributed by atoms with E-state index in [2.05, 4.69) is 5.32 Å². The van der Waals surface area contributed by atoms with Crippen molar-refractivity contribution >= 4 is 27.7 Å². The lowest BCUT2D eigenvalue weighted by Crippen LogP contribution is -2.52. The van der Waals surface area contributed by atoms with Crippen LogP contribution in [0.15, 0.2) is 41.3 Å². The number of benzene rings is 2. The summed E-state index contributed by atoms with van der Waals surface area (Å²) in [4.78, 5) is 38.2. The summed E-state index contributed by atoms with van der Waals surface area (Å²) in [6.07, 6.45) is 1.32. The zero-order chi connectivity index (χ0) is 24.9. The van der Waals surface area contributed by atoms with Gasteiger partial charge in [0, 0.05) is 31.6 Å². The van der Waals surface area contributed by atoms with Crippen LogP contribution in [0.3, 0.4) is 0 Å². The van der Waals surface area contributed by atoms with Crippen molar-refractivity contribution < 1.29 is 27.2 Å². The monoisotopic (exact) mass is 499 g/mol. The van der Waals surface area contributed by atoms with Gasteiger partial charge >= 0.3 is 0 Å². The van der Waals surface area contributed by atoms with Gasteiger partial charge in [0.15, 0.2) is 0 Å². The van der Waals surface area contributed by atoms with E-state index in [4.69, 9.17) is 0 Å². The highest BCUT2D eigenvalue weighted by Gasteiger charge is 2.40. The molecule has 35 heavy (non-hydrogen) atoms. The van der Waals surface area contributed by atoms with Crippen LogP contribution in [0.1, 0.15) is 58.6 Å². The van der Waals surface area contributed by atoms with Gasteiger partial charge in [0.1, 0.15) is 11.9 Å². The first-order valence-corrected chi connectivity index (χ1v) is 13.1. The molecule has 2 aromatic rings. The third-order valence-corrected chi connectivity index (χ3v) is 9.11. The maximum absolute atomic E-state index is 15.1. The number of halogens is 1. The van der Waals surface area contributed by atoms with Gasteiger partial charge in [-0.2, -0.15) is 4.31 Å². The highest BCUT2D eigenvalue weighted by Crippen LogP contribution is 2.36. The zero-order valence-corrected chi connectivity index (χ0v) is 20.1. The van der Waals surface area contributed by atoms with Crippen LogP contribution in [-0.4, -0.2) is 54.5 Å². The Balaban J connectivity index is 1.31. The average Bonchev–Trinajstić information content (AvgIpc) is 3.14. The average molecular weight is 500 g/mol. The van der Waals surface area contributed by atoms with Crippen LogP contribution in [0.4, 0.5) is 4.39 Å². The van der Waals surface area contributed by atoms with Crippen LogP contribution in [0.2, 0.25) is 0 Å². The first-order chi connectivity index (χ1) is 16.6. The molecular weight excluding hydrogens is 473 g/mol. The number of hydrogen-bond acceptors (Lipinski definition) is 5. The number of carbonyl (C=O) groups is 3. The number of nitrogens with one attached hydrogen (secondary N) is 1. The fourth-order valence-electron chi connectivity index (χ4n) is 5.19. The normalized spacial score (nSPS) is 21.8. The minimum absolute atomic E-state index is 0.153. The van der Waals surface area contributed by atoms with Gasteiger partial charge in [0.05, 0.1) is 4.90 Å². The number of aryl methyl sites for hydroxylation is 1. The molecule has 3 aliphatic rings. The Morgan fingerprint density at radius 3 is 2.34 bits per heavy atom. The molecule has 1 atom stereocenters. The van der Waals surface area contributed by atoms with E-state index >= 15 is 4.39 Å². The Morgan fingerprint density at radius 2 is 1.69 bits per heavy atom. The molecule has 0 aromatic heterocycles. The van der Waals surface area contributed by atoms with Crippen LogP contribution < -0.4 is 5.32 Å². The van der Waals surface area contributed by atoms with E-state index in [1.807, 2.05) is 6.92 Å². The van der Waals surface area contributed by atoms with Gasteiger partial charge in [-0.3, -0.25) is 19.7 Å². The van der Waals surface area contributed by atoms with Crippen molar-refractivity contribution in [3.63, 3.8) is 0 Å². The minimum Gasteiger partial charge on any atom is -0.322 e. The second kappa shape index (κ2) is 8.83. The maximum Gasteiger partial charge on any atom is 0.255 e. The summed E-state index contributed by atoms with van der Waals surface area (Å²) < 4.78 is 42.5. The van der Waals surface area contributed by atoms with Gasteiger partial charge in [0.2, 0.25) is 21.8 Å². The van der Waals surface area contributed by atoms with Gasteiger partial charge in [0.25, 0.3) is 5.91 Å². The third kappa shape index (κ3) is 4.25. The smallest absolute Gasteiger partial charge is 0.255 e. The molecule has 8 nitrogen and oxygen atoms in total. The quantitative estimate of drug-likeness (QED) is 0.651. The Labute approximate surface area is 203 Å². The van der Waals surface area contributed by atoms with Gasteiger partial charge in [-0.05, 0) is 61.4 Å². The molecule has 2 fully saturated rings. The highest BCUT2D eigenvalue weighted by molar-refractivity contribution is 7.89. The van der Waals surface area contributed by atoms with Crippen LogP contribution in [0.5, 0.6) is 0 Å². The molecule has 5 rings (SSSR count). The lowest BCUT2D eigenvalue weighted by atomic mass is 9.88. The van der Waals surface area contributed by atoms with Crippen molar-refractivity contribution in [1.82, 2.24) is 14.5 Å². The molecule has 2 aromatic carbocycles. The summed E-state index contributed by atoms with van der Waals surface area (Å²) >= 11 is 0. The number of fused-ring (bicyclic) bond motifs is 1. The predicted octanol–water partition coefficient (Wildman–Crippen LogP) is 2.46. The van der Waals surface area contributed by atoms with Crippen molar-refractivity contribution in [3.05, 3.63) is 64.5 Å². The molecule has 184 valence electrons. The molecule has 2 saturated heterocycles. The number of carbonyl (C=O) groups excluding carboxylic acids is 3. The molecule has 0 spiro atoms. The first-order valence-electron chi connectivity index (χ1n) is 11.7. The number of hydrogen-bond donors (Lipinski definition) is 1. The zero-order valence-electron chi connectivity index (χ0n) is 19.3. The fourth-order valence-corrected chi connectivity index (χ4v) is 6.66. The minimum atomic E-state index is -3.61. The number of rotatable bonds is 4. The van der Waals surface area contributed by atoms with E-state index in [1.165, 1.54) is 15.3 Å². The van der Waals surface area contributed by atoms with E-state index in [-0.39, 0.29) is 54.8 Å². The summed E-state index contributed by atoms with van der Waals surface area (Å²) in [5, 5.41) is 2.26. The van der Waals surface area contributed by atoms with E-state index in [0.717, 1.165) is 5.56 Å². The lowest BCUT2D eigenvalue weighted by molar-refractivity contribution is -0.136. The first kappa shape index (κ1) is 23.6. The van der Waals surface area contributed by atoms with Crippen molar-refractivity contribution in [2.45, 2.75) is 56.0 Å². The van der Waals surface area contributed by atoms with Crippen LogP contribution >= 0.6 is 0 Å². The fraction of sp³-hybridized carbons (Fsp3) is 0.400. The summed E-state index contributed by atoms with van der Waals surface area (Å²) in [5.41, 5.74) is 2.32. The Bertz CT molecular complexity index is 1320. The largest absolute Gasteiger partial charge is 0.322 e. The molecule has 0 bridgehead atoms. The van der Waals surface area contributed by atoms with Crippen molar-refractivity contribution in [3.8, 4) is 0 Å². The highest BCUT2D eigenvalue weighted by atomic mass is 32.2. The number of sulfonamides is 1. The molecule has 10 heteroatoms. The summed E-state index contributed by atoms with van der Waals surface area (Å²) in [7, 11) is -3.61. The third-order valence-electron chi connectivity index (χ3n) is 7.19. The lowest BCUT2D eigenvalue weighted by Gasteiger charge is -2.31. The van der Waals surface area contributed by atoms with Gasteiger partial charge in [-0.1, -0.05) is 23.8 Å². The summed E-state index contributed by atoms with van der Waals surface area (Å²) in [6, 6.07) is 8.88. The predicted molar refractivity (Wildman–Crippen MR) is 124 cm³/mol. The topological polar surface area (TPSA) is 104 Å². The number of piperidine rings is 2. The van der Waals surface area contributed by atoms with Crippen LogP contribution in [0, 0.1) is 12.7 Å². The molecular formula is C25H26FN3O5S. The van der Waals surface area contributed by atoms with Crippen LogP contribution in [-0.2, 0) is 26.2 Å². The molecule has 3 heterocycles. The van der Waals surface area contributed by atoms with Gasteiger partial charge in [-0.15, -0.1) is 0 Å². The SMILES string of the molecule is Cc1ccc(S(=O)(=O)N2CCC(c3cc4c(cc3F)C(=O)N(C3CCC(=O)NC3=O)C4)CC2)cc1. The molecule has 1 unspecified atom stereocenters. The van der Waals surface area contributed by atoms with E-state index < -0.39 is 33.7 Å². The van der Waals surface area contributed by atoms with Gasteiger partial charge < -0.3 is 4.90 Å². The Kier molecular flexibility index (Phi) is 5.96. The number of imide groups is 1. The Hall–Kier alpha value is -3.11. The van der Waals surface area contributed by atoms with Crippen LogP contribution in [0.25, 0.3) is 0 Å². The van der Waals surface area contributed by atoms with Crippen molar-refractivity contribution in [2.75, 3.05) is 13.1 Å². The molecule has 0 saturated carbocycles. The van der Waals surface area contributed by atoms with E-state index in [9.17, 15) is 22.8 Å². The Morgan fingerprint density at radius 1 is 1.00 bits per heavy atom. The second-order valence-electron chi connectivity index (χ2n) is 9.42. The van der Waals surface area contributed by atoms with Crippen molar-refractivity contribution in [1.29, 1.82) is 0 Å². The van der Waals surface area contributed by atoms with E-state index in [1.54, 1.807) is 30.3 Å². The molecule has 3 amide bonds. The molecule has 0 aliphatic carbocycles. The maximum atomic E-state index is 15.1. The standard InChI is InChI=1S/C25H26FN3O5S/c1-15-2-4-18(5-3-15)35(33,34)28-10-8-16(9-11-28)19-12-17-14-29(25(32)20(17)13-21(19)26)22-6-7-23(30)27-24(22)31/h2-5,12-13,16,22H,6-11,14H2,1H3,(H,27,30,31). The summed E-state index contributed by atoms with van der Waals surface area (Å²) in [5.74, 6) is -1.96. The molecule has 3 aliphatic heterocycles. The summed E-state index contributed by atoms with van der Waals surface area (Å²) in [6.45, 7) is 2.62. The molecule has 1 N–H and O–H groups in total. The van der Waals surface area contributed by atoms with Gasteiger partial charge in [-0.25, -0.2) is 12.8 Å². The number of nitrogens with zero attached hydrogens (tertiary/aromatic N) is 2. The second-order valence-corrected chi connectivity index (χ2v) is 11.4.